The molecule has 3 aromatic rings. The number of hydrogen-bond acceptors (Lipinski definition) is 4. The fourth-order valence-electron chi connectivity index (χ4n) is 4.13. The van der Waals surface area contributed by atoms with Crippen LogP contribution in [0.25, 0.3) is 10.9 Å². The van der Waals surface area contributed by atoms with Gasteiger partial charge in [0.1, 0.15) is 5.75 Å². The summed E-state index contributed by atoms with van der Waals surface area (Å²) in [5, 5.41) is 17.6. The van der Waals surface area contributed by atoms with Crippen LogP contribution in [0.2, 0.25) is 0 Å². The standard InChI is InChI=1S/C22H26N4O2/c1-2-25-12-4-6-18(25)15-26(14-16-8-10-19(27)11-9-16)22(28)20-7-3-5-17-13-23-24-21(17)20/h3,5,7-11,13,18,27H,2,4,6,12,14-15H2,1H3,(H,23,24). The van der Waals surface area contributed by atoms with Gasteiger partial charge in [-0.3, -0.25) is 14.8 Å². The number of likely N-dealkylation sites (tertiary alicyclic amines) is 1. The zero-order valence-corrected chi connectivity index (χ0v) is 16.1. The summed E-state index contributed by atoms with van der Waals surface area (Å²) in [4.78, 5) is 17.9. The molecule has 0 radical (unpaired) electrons. The Morgan fingerprint density at radius 2 is 2.11 bits per heavy atom. The van der Waals surface area contributed by atoms with Gasteiger partial charge in [-0.1, -0.05) is 31.2 Å². The first kappa shape index (κ1) is 18.5. The van der Waals surface area contributed by atoms with Crippen molar-refractivity contribution >= 4 is 16.8 Å². The highest BCUT2D eigenvalue weighted by atomic mass is 16.3. The summed E-state index contributed by atoms with van der Waals surface area (Å²) >= 11 is 0. The predicted octanol–water partition coefficient (Wildman–Crippen LogP) is 3.40. The molecule has 0 bridgehead atoms. The number of aromatic hydroxyl groups is 1. The van der Waals surface area contributed by atoms with Gasteiger partial charge in [-0.25, -0.2) is 0 Å². The number of phenolic OH excluding ortho intramolecular Hbond substituents is 1. The van der Waals surface area contributed by atoms with Crippen molar-refractivity contribution in [3.05, 3.63) is 59.8 Å². The van der Waals surface area contributed by atoms with E-state index >= 15 is 0 Å². The van der Waals surface area contributed by atoms with Crippen molar-refractivity contribution < 1.29 is 9.90 Å². The predicted molar refractivity (Wildman–Crippen MR) is 109 cm³/mol. The second-order valence-electron chi connectivity index (χ2n) is 7.42. The van der Waals surface area contributed by atoms with E-state index in [9.17, 15) is 9.90 Å². The molecule has 1 aliphatic rings. The number of rotatable bonds is 6. The molecule has 6 nitrogen and oxygen atoms in total. The Morgan fingerprint density at radius 3 is 2.89 bits per heavy atom. The molecule has 2 heterocycles. The highest BCUT2D eigenvalue weighted by Crippen LogP contribution is 2.23. The molecule has 2 aromatic carbocycles. The summed E-state index contributed by atoms with van der Waals surface area (Å²) in [7, 11) is 0. The molecule has 4 rings (SSSR count). The molecule has 28 heavy (non-hydrogen) atoms. The Balaban J connectivity index is 1.64. The fraction of sp³-hybridized carbons (Fsp3) is 0.364. The van der Waals surface area contributed by atoms with Crippen molar-refractivity contribution in [3.8, 4) is 5.75 Å². The second-order valence-corrected chi connectivity index (χ2v) is 7.42. The highest BCUT2D eigenvalue weighted by Gasteiger charge is 2.28. The van der Waals surface area contributed by atoms with E-state index in [1.54, 1.807) is 18.3 Å². The number of phenols is 1. The van der Waals surface area contributed by atoms with Crippen LogP contribution in [0.4, 0.5) is 0 Å². The summed E-state index contributed by atoms with van der Waals surface area (Å²) in [6, 6.07) is 13.2. The van der Waals surface area contributed by atoms with Gasteiger partial charge in [0.2, 0.25) is 0 Å². The number of hydrogen-bond donors (Lipinski definition) is 2. The maximum Gasteiger partial charge on any atom is 0.256 e. The van der Waals surface area contributed by atoms with Crippen LogP contribution in [0.15, 0.2) is 48.7 Å². The fourth-order valence-corrected chi connectivity index (χ4v) is 4.13. The van der Waals surface area contributed by atoms with Crippen molar-refractivity contribution in [2.45, 2.75) is 32.4 Å². The van der Waals surface area contributed by atoms with Crippen molar-refractivity contribution in [1.82, 2.24) is 20.0 Å². The van der Waals surface area contributed by atoms with E-state index in [0.29, 0.717) is 24.7 Å². The molecule has 0 aliphatic carbocycles. The smallest absolute Gasteiger partial charge is 0.256 e. The van der Waals surface area contributed by atoms with Crippen LogP contribution in [0, 0.1) is 0 Å². The van der Waals surface area contributed by atoms with E-state index in [1.807, 2.05) is 35.2 Å². The lowest BCUT2D eigenvalue weighted by Gasteiger charge is -2.30. The van der Waals surface area contributed by atoms with Crippen LogP contribution < -0.4 is 0 Å². The minimum atomic E-state index is 0.00544. The van der Waals surface area contributed by atoms with E-state index < -0.39 is 0 Å². The number of aromatic nitrogens is 2. The molecular formula is C22H26N4O2. The Hall–Kier alpha value is -2.86. The molecule has 2 N–H and O–H groups in total. The summed E-state index contributed by atoms with van der Waals surface area (Å²) < 4.78 is 0. The molecule has 1 aliphatic heterocycles. The molecule has 1 amide bonds. The second kappa shape index (κ2) is 8.02. The third-order valence-corrected chi connectivity index (χ3v) is 5.64. The number of aromatic amines is 1. The average Bonchev–Trinajstić information content (AvgIpc) is 3.37. The van der Waals surface area contributed by atoms with Gasteiger partial charge in [0.05, 0.1) is 17.3 Å². The normalized spacial score (nSPS) is 17.2. The molecule has 1 aromatic heterocycles. The van der Waals surface area contributed by atoms with Crippen molar-refractivity contribution in [2.75, 3.05) is 19.6 Å². The Morgan fingerprint density at radius 1 is 1.29 bits per heavy atom. The van der Waals surface area contributed by atoms with Crippen molar-refractivity contribution in [2.24, 2.45) is 0 Å². The van der Waals surface area contributed by atoms with E-state index in [1.165, 1.54) is 6.42 Å². The number of H-pyrrole nitrogens is 1. The SMILES string of the molecule is CCN1CCCC1CN(Cc1ccc(O)cc1)C(=O)c1cccc2cn[nH]c12. The number of nitrogens with one attached hydrogen (secondary N) is 1. The van der Waals surface area contributed by atoms with Gasteiger partial charge in [-0.15, -0.1) is 0 Å². The monoisotopic (exact) mass is 378 g/mol. The number of carbonyl (C=O) groups is 1. The minimum Gasteiger partial charge on any atom is -0.508 e. The average molecular weight is 378 g/mol. The minimum absolute atomic E-state index is 0.00544. The summed E-state index contributed by atoms with van der Waals surface area (Å²) in [5.74, 6) is 0.239. The first-order valence-corrected chi connectivity index (χ1v) is 9.89. The van der Waals surface area contributed by atoms with E-state index in [-0.39, 0.29) is 11.7 Å². The number of fused-ring (bicyclic) bond motifs is 1. The first-order valence-electron chi connectivity index (χ1n) is 9.89. The molecular weight excluding hydrogens is 352 g/mol. The molecule has 0 saturated carbocycles. The molecule has 1 atom stereocenters. The Labute approximate surface area is 164 Å². The molecule has 146 valence electrons. The summed E-state index contributed by atoms with van der Waals surface area (Å²) in [5.41, 5.74) is 2.43. The van der Waals surface area contributed by atoms with Crippen molar-refractivity contribution in [1.29, 1.82) is 0 Å². The van der Waals surface area contributed by atoms with Crippen LogP contribution in [-0.4, -0.2) is 56.7 Å². The number of para-hydroxylation sites is 1. The van der Waals surface area contributed by atoms with Crippen LogP contribution in [0.5, 0.6) is 5.75 Å². The van der Waals surface area contributed by atoms with E-state index in [2.05, 4.69) is 22.0 Å². The van der Waals surface area contributed by atoms with Crippen molar-refractivity contribution in [3.63, 3.8) is 0 Å². The van der Waals surface area contributed by atoms with Crippen LogP contribution >= 0.6 is 0 Å². The van der Waals surface area contributed by atoms with Gasteiger partial charge in [-0.05, 0) is 49.7 Å². The molecule has 6 heteroatoms. The largest absolute Gasteiger partial charge is 0.508 e. The van der Waals surface area contributed by atoms with Gasteiger partial charge in [0.15, 0.2) is 0 Å². The number of carbonyl (C=O) groups excluding carboxylic acids is 1. The Kier molecular flexibility index (Phi) is 5.30. The van der Waals surface area contributed by atoms with Gasteiger partial charge in [0.25, 0.3) is 5.91 Å². The molecule has 1 fully saturated rings. The number of benzene rings is 2. The van der Waals surface area contributed by atoms with E-state index in [0.717, 1.165) is 36.0 Å². The maximum atomic E-state index is 13.5. The van der Waals surface area contributed by atoms with Gasteiger partial charge < -0.3 is 10.0 Å². The lowest BCUT2D eigenvalue weighted by Crippen LogP contribution is -2.42. The molecule has 1 unspecified atom stereocenters. The number of likely N-dealkylation sites (N-methyl/N-ethyl adjacent to an activating group) is 1. The quantitative estimate of drug-likeness (QED) is 0.690. The first-order chi connectivity index (χ1) is 13.7. The lowest BCUT2D eigenvalue weighted by molar-refractivity contribution is 0.0694. The zero-order chi connectivity index (χ0) is 19.5. The van der Waals surface area contributed by atoms with Gasteiger partial charge in [-0.2, -0.15) is 5.10 Å². The number of nitrogens with zero attached hydrogens (tertiary/aromatic N) is 3. The van der Waals surface area contributed by atoms with E-state index in [4.69, 9.17) is 0 Å². The maximum absolute atomic E-state index is 13.5. The van der Waals surface area contributed by atoms with Gasteiger partial charge in [0, 0.05) is 24.5 Å². The van der Waals surface area contributed by atoms with Crippen LogP contribution in [0.3, 0.4) is 0 Å². The van der Waals surface area contributed by atoms with Gasteiger partial charge >= 0.3 is 0 Å². The Bertz CT molecular complexity index is 951. The zero-order valence-electron chi connectivity index (χ0n) is 16.1. The lowest BCUT2D eigenvalue weighted by atomic mass is 10.1. The third kappa shape index (κ3) is 3.73. The van der Waals surface area contributed by atoms with Crippen LogP contribution in [0.1, 0.15) is 35.7 Å². The summed E-state index contributed by atoms with van der Waals surface area (Å²) in [6.45, 7) is 5.48. The third-order valence-electron chi connectivity index (χ3n) is 5.64. The highest BCUT2D eigenvalue weighted by molar-refractivity contribution is 6.05. The topological polar surface area (TPSA) is 72.5 Å². The molecule has 1 saturated heterocycles. The molecule has 0 spiro atoms. The number of amides is 1. The summed E-state index contributed by atoms with van der Waals surface area (Å²) in [6.07, 6.45) is 4.03. The van der Waals surface area contributed by atoms with Crippen LogP contribution in [-0.2, 0) is 6.54 Å².